The van der Waals surface area contributed by atoms with E-state index in [9.17, 15) is 17.6 Å². The number of nitrogens with one attached hydrogen (secondary N) is 1. The number of benzene rings is 1. The number of rotatable bonds is 3. The number of amides is 1. The van der Waals surface area contributed by atoms with Crippen molar-refractivity contribution < 1.29 is 26.9 Å². The van der Waals surface area contributed by atoms with E-state index in [1.54, 1.807) is 0 Å². The zero-order valence-electron chi connectivity index (χ0n) is 15.5. The first-order chi connectivity index (χ1) is 13.7. The largest absolute Gasteiger partial charge is 0.386 e. The van der Waals surface area contributed by atoms with Crippen LogP contribution in [0.3, 0.4) is 0 Å². The highest BCUT2D eigenvalue weighted by Gasteiger charge is 2.57. The minimum Gasteiger partial charge on any atom is -0.386 e. The number of halogens is 1. The first-order valence-electron chi connectivity index (χ1n) is 8.85. The van der Waals surface area contributed by atoms with Crippen molar-refractivity contribution in [2.75, 3.05) is 24.3 Å². The van der Waals surface area contributed by atoms with E-state index in [0.717, 1.165) is 6.07 Å². The molecule has 2 aromatic rings. The number of carbonyl (C=O) groups is 1. The lowest BCUT2D eigenvalue weighted by molar-refractivity contribution is 0.0988. The van der Waals surface area contributed by atoms with E-state index < -0.39 is 37.6 Å². The van der Waals surface area contributed by atoms with Crippen molar-refractivity contribution in [1.82, 2.24) is 5.16 Å². The van der Waals surface area contributed by atoms with Crippen molar-refractivity contribution in [1.29, 1.82) is 0 Å². The van der Waals surface area contributed by atoms with Gasteiger partial charge in [0.2, 0.25) is 5.76 Å². The lowest BCUT2D eigenvalue weighted by Gasteiger charge is -2.39. The van der Waals surface area contributed by atoms with Crippen molar-refractivity contribution >= 4 is 27.3 Å². The summed E-state index contributed by atoms with van der Waals surface area (Å²) in [6.45, 7) is 1.71. The topological polar surface area (TPSA) is 137 Å². The van der Waals surface area contributed by atoms with Gasteiger partial charge in [0.05, 0.1) is 18.6 Å². The molecule has 154 valence electrons. The van der Waals surface area contributed by atoms with Crippen LogP contribution in [0.4, 0.5) is 10.1 Å². The molecule has 0 saturated carbocycles. The van der Waals surface area contributed by atoms with E-state index in [1.165, 1.54) is 31.3 Å². The van der Waals surface area contributed by atoms with Gasteiger partial charge in [0, 0.05) is 23.9 Å². The Hall–Kier alpha value is -2.79. The van der Waals surface area contributed by atoms with Crippen molar-refractivity contribution in [3.8, 4) is 0 Å². The number of aliphatic imine (C=N–C) groups is 1. The molecular weight excluding hydrogens is 403 g/mol. The third kappa shape index (κ3) is 3.10. The van der Waals surface area contributed by atoms with Gasteiger partial charge in [-0.15, -0.1) is 0 Å². The van der Waals surface area contributed by atoms with Crippen LogP contribution >= 0.6 is 0 Å². The summed E-state index contributed by atoms with van der Waals surface area (Å²) in [4.78, 5) is 16.6. The normalized spacial score (nSPS) is 28.3. The zero-order valence-corrected chi connectivity index (χ0v) is 16.3. The number of hydrogen-bond donors (Lipinski definition) is 2. The molecule has 3 heterocycles. The summed E-state index contributed by atoms with van der Waals surface area (Å²) in [5.41, 5.74) is 4.88. The maximum atomic E-state index is 14.7. The van der Waals surface area contributed by atoms with Gasteiger partial charge in [-0.05, 0) is 31.5 Å². The standard InChI is InChI=1S/C18H19FN4O5S/c1-17(10-29(25,26)18(16(20)23-17)5-7-27-9-18)12-8-11(2-3-13(12)19)22-15(24)14-4-6-21-28-14/h2-4,6,8H,5,7,9-10H2,1H3,(H2,20,23)(H,22,24)/t17-,18-/m0/s1. The molecule has 2 aliphatic rings. The molecule has 29 heavy (non-hydrogen) atoms. The lowest BCUT2D eigenvalue weighted by atomic mass is 9.92. The molecule has 1 spiro atoms. The van der Waals surface area contributed by atoms with Crippen LogP contribution in [-0.4, -0.2) is 49.0 Å². The molecule has 0 radical (unpaired) electrons. The summed E-state index contributed by atoms with van der Waals surface area (Å²) < 4.78 is 49.5. The first kappa shape index (κ1) is 19.5. The minimum absolute atomic E-state index is 0.00756. The van der Waals surface area contributed by atoms with Gasteiger partial charge in [-0.25, -0.2) is 12.8 Å². The minimum atomic E-state index is -3.77. The smallest absolute Gasteiger partial charge is 0.294 e. The van der Waals surface area contributed by atoms with E-state index in [0.29, 0.717) is 0 Å². The van der Waals surface area contributed by atoms with Crippen molar-refractivity contribution in [3.05, 3.63) is 47.6 Å². The summed E-state index contributed by atoms with van der Waals surface area (Å²) in [5, 5.41) is 6.02. The van der Waals surface area contributed by atoms with E-state index in [4.69, 9.17) is 15.0 Å². The Morgan fingerprint density at radius 2 is 2.14 bits per heavy atom. The number of amidine groups is 1. The third-order valence-electron chi connectivity index (χ3n) is 5.35. The van der Waals surface area contributed by atoms with Crippen LogP contribution in [-0.2, 0) is 20.1 Å². The summed E-state index contributed by atoms with van der Waals surface area (Å²) >= 11 is 0. The molecule has 1 amide bonds. The fourth-order valence-electron chi connectivity index (χ4n) is 3.74. The highest BCUT2D eigenvalue weighted by Crippen LogP contribution is 2.41. The summed E-state index contributed by atoms with van der Waals surface area (Å²) in [6.07, 6.45) is 1.54. The predicted molar refractivity (Wildman–Crippen MR) is 102 cm³/mol. The molecule has 0 bridgehead atoms. The van der Waals surface area contributed by atoms with Crippen LogP contribution in [0, 0.1) is 5.82 Å². The van der Waals surface area contributed by atoms with Crippen LogP contribution < -0.4 is 11.1 Å². The molecule has 9 nitrogen and oxygen atoms in total. The molecule has 11 heteroatoms. The molecule has 0 aliphatic carbocycles. The molecule has 4 rings (SSSR count). The van der Waals surface area contributed by atoms with E-state index >= 15 is 0 Å². The maximum Gasteiger partial charge on any atom is 0.294 e. The molecular formula is C18H19FN4O5S. The Morgan fingerprint density at radius 3 is 2.76 bits per heavy atom. The van der Waals surface area contributed by atoms with Gasteiger partial charge in [0.1, 0.15) is 17.2 Å². The monoisotopic (exact) mass is 422 g/mol. The van der Waals surface area contributed by atoms with Crippen molar-refractivity contribution in [2.24, 2.45) is 10.7 Å². The molecule has 3 N–H and O–H groups in total. The Kier molecular flexibility index (Phi) is 4.46. The van der Waals surface area contributed by atoms with Gasteiger partial charge < -0.3 is 20.3 Å². The van der Waals surface area contributed by atoms with Gasteiger partial charge in [-0.3, -0.25) is 9.79 Å². The summed E-state index contributed by atoms with van der Waals surface area (Å²) in [5.74, 6) is -1.77. The van der Waals surface area contributed by atoms with Crippen LogP contribution in [0.15, 0.2) is 40.0 Å². The van der Waals surface area contributed by atoms with Crippen LogP contribution in [0.5, 0.6) is 0 Å². The van der Waals surface area contributed by atoms with Gasteiger partial charge >= 0.3 is 0 Å². The summed E-state index contributed by atoms with van der Waals surface area (Å²) in [6, 6.07) is 5.22. The average Bonchev–Trinajstić information content (AvgIpc) is 3.34. The first-order valence-corrected chi connectivity index (χ1v) is 10.5. The number of hydrogen-bond acceptors (Lipinski definition) is 8. The Balaban J connectivity index is 1.72. The molecule has 2 atom stereocenters. The lowest BCUT2D eigenvalue weighted by Crippen LogP contribution is -2.58. The quantitative estimate of drug-likeness (QED) is 0.759. The Labute approximate surface area is 166 Å². The van der Waals surface area contributed by atoms with Crippen molar-refractivity contribution in [3.63, 3.8) is 0 Å². The Bertz CT molecular complexity index is 1090. The fraction of sp³-hybridized carbons (Fsp3) is 0.389. The van der Waals surface area contributed by atoms with Gasteiger partial charge in [-0.2, -0.15) is 0 Å². The SMILES string of the molecule is C[C@@]1(c2cc(NC(=O)c3ccno3)ccc2F)CS(=O)(=O)[C@]2(CCOC2)C(N)=N1. The van der Waals surface area contributed by atoms with E-state index in [-0.39, 0.29) is 42.5 Å². The predicted octanol–water partition coefficient (Wildman–Crippen LogP) is 1.23. The van der Waals surface area contributed by atoms with Gasteiger partial charge in [0.15, 0.2) is 14.6 Å². The molecule has 1 fully saturated rings. The highest BCUT2D eigenvalue weighted by atomic mass is 32.2. The molecule has 2 aliphatic heterocycles. The van der Waals surface area contributed by atoms with E-state index in [2.05, 4.69) is 15.5 Å². The second kappa shape index (κ2) is 6.63. The molecule has 1 saturated heterocycles. The molecule has 1 aromatic heterocycles. The van der Waals surface area contributed by atoms with E-state index in [1.807, 2.05) is 0 Å². The van der Waals surface area contributed by atoms with Crippen LogP contribution in [0.25, 0.3) is 0 Å². The third-order valence-corrected chi connectivity index (χ3v) is 8.02. The number of anilines is 1. The average molecular weight is 422 g/mol. The zero-order chi connectivity index (χ0) is 20.9. The second-order valence-electron chi connectivity index (χ2n) is 7.35. The second-order valence-corrected chi connectivity index (χ2v) is 9.65. The number of sulfone groups is 1. The number of aromatic nitrogens is 1. The highest BCUT2D eigenvalue weighted by molar-refractivity contribution is 7.93. The fourth-order valence-corrected chi connectivity index (χ4v) is 6.00. The molecule has 1 aromatic carbocycles. The maximum absolute atomic E-state index is 14.7. The number of carbonyl (C=O) groups excluding carboxylic acids is 1. The van der Waals surface area contributed by atoms with Crippen LogP contribution in [0.2, 0.25) is 0 Å². The number of nitrogens with zero attached hydrogens (tertiary/aromatic N) is 2. The van der Waals surface area contributed by atoms with Gasteiger partial charge in [0.25, 0.3) is 5.91 Å². The summed E-state index contributed by atoms with van der Waals surface area (Å²) in [7, 11) is -3.77. The van der Waals surface area contributed by atoms with Gasteiger partial charge in [-0.1, -0.05) is 5.16 Å². The van der Waals surface area contributed by atoms with Crippen molar-refractivity contribution in [2.45, 2.75) is 23.6 Å². The number of ether oxygens (including phenoxy) is 1. The van der Waals surface area contributed by atoms with Crippen LogP contribution in [0.1, 0.15) is 29.5 Å². The number of nitrogens with two attached hydrogens (primary N) is 1. The Morgan fingerprint density at radius 1 is 1.34 bits per heavy atom. The molecule has 0 unspecified atom stereocenters.